The molecule has 0 spiro atoms. The summed E-state index contributed by atoms with van der Waals surface area (Å²) < 4.78 is 53.2. The minimum absolute atomic E-state index is 0.0820. The molecule has 2 heterocycles. The molecule has 0 bridgehead atoms. The van der Waals surface area contributed by atoms with Crippen LogP contribution in [-0.2, 0) is 12.6 Å². The normalized spacial score (nSPS) is 13.8. The van der Waals surface area contributed by atoms with Crippen molar-refractivity contribution in [3.8, 4) is 11.4 Å². The van der Waals surface area contributed by atoms with Gasteiger partial charge in [0.1, 0.15) is 11.6 Å². The number of nitrogens with one attached hydrogen (secondary N) is 1. The van der Waals surface area contributed by atoms with E-state index in [1.807, 2.05) is 37.3 Å². The minimum Gasteiger partial charge on any atom is -0.353 e. The fraction of sp³-hybridized carbons (Fsp3) is 0.233. The molecule has 1 saturated heterocycles. The maximum absolute atomic E-state index is 14.0. The number of amides is 2. The van der Waals surface area contributed by atoms with E-state index in [0.717, 1.165) is 29.0 Å². The van der Waals surface area contributed by atoms with Crippen LogP contribution in [0.15, 0.2) is 78.9 Å². The molecule has 10 heteroatoms. The van der Waals surface area contributed by atoms with Crippen molar-refractivity contribution in [1.82, 2.24) is 14.9 Å². The van der Waals surface area contributed by atoms with E-state index in [9.17, 15) is 22.4 Å². The summed E-state index contributed by atoms with van der Waals surface area (Å²) in [7, 11) is 0. The first kappa shape index (κ1) is 27.1. The summed E-state index contributed by atoms with van der Waals surface area (Å²) >= 11 is 0. The van der Waals surface area contributed by atoms with Crippen molar-refractivity contribution < 1.29 is 22.4 Å². The molecule has 0 unspecified atom stereocenters. The van der Waals surface area contributed by atoms with Gasteiger partial charge in [-0.15, -0.1) is 0 Å². The van der Waals surface area contributed by atoms with Crippen LogP contribution in [0.5, 0.6) is 0 Å². The molecule has 0 atom stereocenters. The van der Waals surface area contributed by atoms with Crippen molar-refractivity contribution in [2.45, 2.75) is 19.5 Å². The van der Waals surface area contributed by atoms with Crippen LogP contribution in [0.4, 0.5) is 33.9 Å². The molecule has 40 heavy (non-hydrogen) atoms. The lowest BCUT2D eigenvalue weighted by Gasteiger charge is -2.36. The summed E-state index contributed by atoms with van der Waals surface area (Å²) in [5, 5.41) is 2.58. The summed E-state index contributed by atoms with van der Waals surface area (Å²) in [6.07, 6.45) is -3.90. The largest absolute Gasteiger partial charge is 0.416 e. The zero-order valence-corrected chi connectivity index (χ0v) is 21.8. The van der Waals surface area contributed by atoms with E-state index in [4.69, 9.17) is 9.97 Å². The Labute approximate surface area is 229 Å². The smallest absolute Gasteiger partial charge is 0.353 e. The molecule has 1 fully saturated rings. The fourth-order valence-corrected chi connectivity index (χ4v) is 4.70. The van der Waals surface area contributed by atoms with Gasteiger partial charge in [-0.1, -0.05) is 48.5 Å². The van der Waals surface area contributed by atoms with E-state index in [2.05, 4.69) is 10.2 Å². The maximum Gasteiger partial charge on any atom is 0.416 e. The van der Waals surface area contributed by atoms with Crippen LogP contribution in [0.1, 0.15) is 22.4 Å². The standard InChI is InChI=1S/C30H27F4N5O/c1-20-26(17-21-7-3-2-4-8-21)28(37-27(35-20)22-9-5-11-24(31)18-22)38-13-15-39(16-14-38)29(40)36-25-12-6-10-23(19-25)30(32,33)34/h2-12,18-19H,13-17H2,1H3,(H,36,40). The molecule has 1 aliphatic rings. The molecule has 6 nitrogen and oxygen atoms in total. The second-order valence-corrected chi connectivity index (χ2v) is 9.59. The third-order valence-corrected chi connectivity index (χ3v) is 6.81. The maximum atomic E-state index is 14.0. The van der Waals surface area contributed by atoms with E-state index in [0.29, 0.717) is 49.8 Å². The van der Waals surface area contributed by atoms with Crippen molar-refractivity contribution in [3.05, 3.63) is 107 Å². The molecule has 4 aromatic rings. The first-order chi connectivity index (χ1) is 19.2. The quantitative estimate of drug-likeness (QED) is 0.287. The summed E-state index contributed by atoms with van der Waals surface area (Å²) in [5.74, 6) is 0.746. The zero-order valence-electron chi connectivity index (χ0n) is 21.8. The Bertz CT molecular complexity index is 1500. The van der Waals surface area contributed by atoms with Gasteiger partial charge >= 0.3 is 12.2 Å². The highest BCUT2D eigenvalue weighted by molar-refractivity contribution is 5.89. The van der Waals surface area contributed by atoms with Crippen LogP contribution in [0.25, 0.3) is 11.4 Å². The van der Waals surface area contributed by atoms with E-state index >= 15 is 0 Å². The number of rotatable bonds is 5. The second kappa shape index (κ2) is 11.3. The predicted molar refractivity (Wildman–Crippen MR) is 146 cm³/mol. The average molecular weight is 550 g/mol. The Kier molecular flexibility index (Phi) is 7.68. The van der Waals surface area contributed by atoms with Crippen LogP contribution in [0.2, 0.25) is 0 Å². The number of nitrogens with zero attached hydrogens (tertiary/aromatic N) is 4. The van der Waals surface area contributed by atoms with Gasteiger partial charge < -0.3 is 15.1 Å². The van der Waals surface area contributed by atoms with Crippen molar-refractivity contribution in [2.24, 2.45) is 0 Å². The highest BCUT2D eigenvalue weighted by atomic mass is 19.4. The third kappa shape index (κ3) is 6.22. The lowest BCUT2D eigenvalue weighted by Crippen LogP contribution is -2.50. The molecule has 5 rings (SSSR count). The van der Waals surface area contributed by atoms with Crippen molar-refractivity contribution in [3.63, 3.8) is 0 Å². The van der Waals surface area contributed by atoms with Gasteiger partial charge in [-0.05, 0) is 42.8 Å². The number of carbonyl (C=O) groups is 1. The Morgan fingerprint density at radius 1 is 0.900 bits per heavy atom. The van der Waals surface area contributed by atoms with Crippen LogP contribution < -0.4 is 10.2 Å². The molecule has 3 aromatic carbocycles. The van der Waals surface area contributed by atoms with Crippen LogP contribution in [0.3, 0.4) is 0 Å². The van der Waals surface area contributed by atoms with Crippen LogP contribution >= 0.6 is 0 Å². The van der Waals surface area contributed by atoms with Gasteiger partial charge in [0.15, 0.2) is 5.82 Å². The number of carbonyl (C=O) groups excluding carboxylic acids is 1. The number of halogens is 4. The van der Waals surface area contributed by atoms with Gasteiger partial charge in [-0.25, -0.2) is 19.2 Å². The highest BCUT2D eigenvalue weighted by Crippen LogP contribution is 2.31. The molecule has 0 radical (unpaired) electrons. The Morgan fingerprint density at radius 3 is 2.33 bits per heavy atom. The molecule has 1 N–H and O–H groups in total. The summed E-state index contributed by atoms with van der Waals surface area (Å²) in [6, 6.07) is 20.2. The van der Waals surface area contributed by atoms with Crippen LogP contribution in [-0.4, -0.2) is 47.1 Å². The molecule has 0 saturated carbocycles. The number of hydrogen-bond donors (Lipinski definition) is 1. The summed E-state index contributed by atoms with van der Waals surface area (Å²) in [5.41, 5.74) is 2.63. The summed E-state index contributed by atoms with van der Waals surface area (Å²) in [4.78, 5) is 26.0. The van der Waals surface area contributed by atoms with Crippen molar-refractivity contribution >= 4 is 17.5 Å². The van der Waals surface area contributed by atoms with E-state index in [-0.39, 0.29) is 11.5 Å². The molecule has 206 valence electrons. The number of piperazine rings is 1. The number of anilines is 2. The van der Waals surface area contributed by atoms with Gasteiger partial charge in [0, 0.05) is 55.1 Å². The SMILES string of the molecule is Cc1nc(-c2cccc(F)c2)nc(N2CCN(C(=O)Nc3cccc(C(F)(F)F)c3)CC2)c1Cc1ccccc1. The van der Waals surface area contributed by atoms with Gasteiger partial charge in [0.2, 0.25) is 0 Å². The monoisotopic (exact) mass is 549 g/mol. The predicted octanol–water partition coefficient (Wildman–Crippen LogP) is 6.55. The number of aromatic nitrogens is 2. The molecule has 0 aliphatic carbocycles. The van der Waals surface area contributed by atoms with Gasteiger partial charge in [-0.2, -0.15) is 13.2 Å². The second-order valence-electron chi connectivity index (χ2n) is 9.59. The Balaban J connectivity index is 1.37. The third-order valence-electron chi connectivity index (χ3n) is 6.81. The highest BCUT2D eigenvalue weighted by Gasteiger charge is 2.31. The van der Waals surface area contributed by atoms with E-state index in [1.165, 1.54) is 24.3 Å². The molecule has 1 aromatic heterocycles. The Morgan fingerprint density at radius 2 is 1.62 bits per heavy atom. The van der Waals surface area contributed by atoms with Gasteiger partial charge in [0.05, 0.1) is 5.56 Å². The van der Waals surface area contributed by atoms with E-state index in [1.54, 1.807) is 17.0 Å². The minimum atomic E-state index is -4.50. The lowest BCUT2D eigenvalue weighted by atomic mass is 10.0. The number of benzene rings is 3. The van der Waals surface area contributed by atoms with Crippen molar-refractivity contribution in [2.75, 3.05) is 36.4 Å². The fourth-order valence-electron chi connectivity index (χ4n) is 4.70. The zero-order chi connectivity index (χ0) is 28.3. The average Bonchev–Trinajstić information content (AvgIpc) is 2.94. The first-order valence-corrected chi connectivity index (χ1v) is 12.8. The van der Waals surface area contributed by atoms with Crippen molar-refractivity contribution in [1.29, 1.82) is 0 Å². The number of hydrogen-bond acceptors (Lipinski definition) is 4. The topological polar surface area (TPSA) is 61.4 Å². The summed E-state index contributed by atoms with van der Waals surface area (Å²) in [6.45, 7) is 3.50. The molecular formula is C30H27F4N5O. The molecule has 1 aliphatic heterocycles. The first-order valence-electron chi connectivity index (χ1n) is 12.8. The van der Waals surface area contributed by atoms with E-state index < -0.39 is 17.8 Å². The molecular weight excluding hydrogens is 522 g/mol. The number of aryl methyl sites for hydroxylation is 1. The number of urea groups is 1. The van der Waals surface area contributed by atoms with Crippen LogP contribution in [0, 0.1) is 12.7 Å². The lowest BCUT2D eigenvalue weighted by molar-refractivity contribution is -0.137. The molecule has 2 amide bonds. The Hall–Kier alpha value is -4.47. The van der Waals surface area contributed by atoms with Gasteiger partial charge in [0.25, 0.3) is 0 Å². The number of alkyl halides is 3. The van der Waals surface area contributed by atoms with Gasteiger partial charge in [-0.3, -0.25) is 0 Å².